The predicted molar refractivity (Wildman–Crippen MR) is 145 cm³/mol. The fourth-order valence-electron chi connectivity index (χ4n) is 4.64. The Morgan fingerprint density at radius 1 is 1.05 bits per heavy atom. The number of carbonyl (C=O) groups excluding carboxylic acids is 1. The van der Waals surface area contributed by atoms with Crippen molar-refractivity contribution in [3.05, 3.63) is 94.5 Å². The van der Waals surface area contributed by atoms with Crippen LogP contribution < -0.4 is 9.47 Å². The summed E-state index contributed by atoms with van der Waals surface area (Å²) in [6.07, 6.45) is 0.0551. The van der Waals surface area contributed by atoms with E-state index in [1.165, 1.54) is 0 Å². The summed E-state index contributed by atoms with van der Waals surface area (Å²) in [5, 5.41) is 9.07. The summed E-state index contributed by atoms with van der Waals surface area (Å²) in [4.78, 5) is 25.3. The number of hydrogen-bond donors (Lipinski definition) is 1. The normalized spacial score (nSPS) is 17.6. The van der Waals surface area contributed by atoms with Gasteiger partial charge in [0.15, 0.2) is 0 Å². The van der Waals surface area contributed by atoms with E-state index in [1.807, 2.05) is 62.4 Å². The number of ether oxygens (including phenoxy) is 5. The highest BCUT2D eigenvalue weighted by molar-refractivity contribution is 5.87. The number of aromatic carboxylic acids is 1. The van der Waals surface area contributed by atoms with Crippen molar-refractivity contribution < 1.29 is 38.4 Å². The van der Waals surface area contributed by atoms with E-state index >= 15 is 0 Å². The van der Waals surface area contributed by atoms with E-state index in [9.17, 15) is 9.59 Å². The van der Waals surface area contributed by atoms with Gasteiger partial charge in [0.1, 0.15) is 24.2 Å². The van der Waals surface area contributed by atoms with Gasteiger partial charge in [0.05, 0.1) is 31.9 Å². The number of benzene rings is 3. The first-order valence-electron chi connectivity index (χ1n) is 13.3. The van der Waals surface area contributed by atoms with Gasteiger partial charge in [-0.25, -0.2) is 9.59 Å². The number of hydrogen-bond acceptors (Lipinski definition) is 7. The molecule has 0 spiro atoms. The maximum Gasteiger partial charge on any atom is 0.410 e. The molecule has 9 heteroatoms. The Balaban J connectivity index is 1.04. The number of nitrogens with zero attached hydrogens (tertiary/aromatic N) is 1. The fourth-order valence-corrected chi connectivity index (χ4v) is 4.64. The zero-order valence-electron chi connectivity index (χ0n) is 22.6. The van der Waals surface area contributed by atoms with E-state index in [0.29, 0.717) is 45.9 Å². The molecule has 1 amide bonds. The minimum Gasteiger partial charge on any atom is -0.491 e. The Bertz CT molecular complexity index is 1350. The predicted octanol–water partition coefficient (Wildman–Crippen LogP) is 5.36. The number of carboxylic acid groups (broad SMARTS) is 1. The quantitative estimate of drug-likeness (QED) is 0.320. The maximum absolute atomic E-state index is 12.5. The van der Waals surface area contributed by atoms with Crippen molar-refractivity contribution in [2.75, 3.05) is 26.3 Å². The molecule has 210 valence electrons. The molecule has 40 heavy (non-hydrogen) atoms. The molecule has 1 unspecified atom stereocenters. The van der Waals surface area contributed by atoms with Gasteiger partial charge in [0.2, 0.25) is 5.79 Å². The Morgan fingerprint density at radius 2 is 1.88 bits per heavy atom. The van der Waals surface area contributed by atoms with Crippen LogP contribution in [0.5, 0.6) is 11.5 Å². The Kier molecular flexibility index (Phi) is 8.23. The van der Waals surface area contributed by atoms with Crippen LogP contribution in [0.25, 0.3) is 0 Å². The van der Waals surface area contributed by atoms with Gasteiger partial charge in [0, 0.05) is 26.0 Å². The number of carbonyl (C=O) groups is 2. The number of carboxylic acids is 1. The van der Waals surface area contributed by atoms with Gasteiger partial charge in [0.25, 0.3) is 0 Å². The molecule has 2 aliphatic rings. The first-order valence-corrected chi connectivity index (χ1v) is 13.3. The molecule has 0 bridgehead atoms. The van der Waals surface area contributed by atoms with Gasteiger partial charge in [-0.2, -0.15) is 0 Å². The zero-order valence-corrected chi connectivity index (χ0v) is 22.6. The molecule has 1 saturated heterocycles. The van der Waals surface area contributed by atoms with Crippen LogP contribution in [0.3, 0.4) is 0 Å². The third-order valence-electron chi connectivity index (χ3n) is 6.81. The van der Waals surface area contributed by atoms with Crippen LogP contribution in [0.2, 0.25) is 0 Å². The average Bonchev–Trinajstić information content (AvgIpc) is 3.32. The zero-order chi connectivity index (χ0) is 28.1. The largest absolute Gasteiger partial charge is 0.491 e. The summed E-state index contributed by atoms with van der Waals surface area (Å²) in [6.45, 7) is 6.33. The number of amides is 1. The lowest BCUT2D eigenvalue weighted by molar-refractivity contribution is -0.180. The molecule has 3 aromatic carbocycles. The van der Waals surface area contributed by atoms with Gasteiger partial charge in [-0.15, -0.1) is 0 Å². The molecule has 1 N–H and O–H groups in total. The van der Waals surface area contributed by atoms with E-state index in [1.54, 1.807) is 23.1 Å². The molecule has 0 aliphatic carbocycles. The second-order valence-corrected chi connectivity index (χ2v) is 10.3. The molecular weight excluding hydrogens is 514 g/mol. The monoisotopic (exact) mass is 547 g/mol. The second kappa shape index (κ2) is 12.0. The Hall–Kier alpha value is -4.08. The summed E-state index contributed by atoms with van der Waals surface area (Å²) in [5.74, 6) is -0.0860. The van der Waals surface area contributed by atoms with E-state index in [2.05, 4.69) is 0 Å². The molecule has 0 radical (unpaired) electrons. The lowest BCUT2D eigenvalue weighted by Gasteiger charge is -2.32. The minimum atomic E-state index is -0.959. The third-order valence-corrected chi connectivity index (χ3v) is 6.81. The van der Waals surface area contributed by atoms with Crippen LogP contribution in [0.1, 0.15) is 52.6 Å². The summed E-state index contributed by atoms with van der Waals surface area (Å²) < 4.78 is 28.6. The lowest BCUT2D eigenvalue weighted by atomic mass is 10.0. The molecule has 2 heterocycles. The van der Waals surface area contributed by atoms with Gasteiger partial charge >= 0.3 is 12.1 Å². The van der Waals surface area contributed by atoms with Crippen LogP contribution in [-0.4, -0.2) is 54.2 Å². The van der Waals surface area contributed by atoms with Gasteiger partial charge in [-0.1, -0.05) is 30.3 Å². The first-order chi connectivity index (χ1) is 19.3. The van der Waals surface area contributed by atoms with Gasteiger partial charge < -0.3 is 33.7 Å². The second-order valence-electron chi connectivity index (χ2n) is 10.3. The summed E-state index contributed by atoms with van der Waals surface area (Å²) >= 11 is 0. The van der Waals surface area contributed by atoms with Crippen molar-refractivity contribution in [2.45, 2.75) is 45.4 Å². The third kappa shape index (κ3) is 6.91. The van der Waals surface area contributed by atoms with Crippen molar-refractivity contribution in [2.24, 2.45) is 0 Å². The molecule has 2 aliphatic heterocycles. The molecule has 5 rings (SSSR count). The van der Waals surface area contributed by atoms with Crippen LogP contribution in [0.15, 0.2) is 66.7 Å². The fraction of sp³-hybridized carbons (Fsp3) is 0.355. The van der Waals surface area contributed by atoms with E-state index in [4.69, 9.17) is 28.8 Å². The van der Waals surface area contributed by atoms with Crippen molar-refractivity contribution in [3.8, 4) is 11.5 Å². The number of rotatable bonds is 11. The van der Waals surface area contributed by atoms with Crippen molar-refractivity contribution in [1.82, 2.24) is 4.90 Å². The van der Waals surface area contributed by atoms with Crippen LogP contribution in [-0.2, 0) is 33.8 Å². The molecular formula is C31H33NO8. The Morgan fingerprint density at radius 3 is 2.67 bits per heavy atom. The highest BCUT2D eigenvalue weighted by Crippen LogP contribution is 2.35. The highest BCUT2D eigenvalue weighted by atomic mass is 16.7. The SMILES string of the molecule is CC1(C)OCc2cc(C3CN(CCc4ccc(OCCOCc5cccc(C(=O)O)c5)cc4)C(=O)O3)ccc2O1. The smallest absolute Gasteiger partial charge is 0.410 e. The summed E-state index contributed by atoms with van der Waals surface area (Å²) in [6, 6.07) is 20.3. The standard InChI is InChI=1S/C31H33NO8/c1-31(2)38-20-25-17-23(8-11-27(25)40-31)28-18-32(30(35)39-28)13-12-21-6-9-26(10-7-21)37-15-14-36-19-22-4-3-5-24(16-22)29(33)34/h3-11,16-17,28H,12-15,18-20H2,1-2H3,(H,33,34). The van der Waals surface area contributed by atoms with E-state index in [0.717, 1.165) is 33.8 Å². The minimum absolute atomic E-state index is 0.239. The van der Waals surface area contributed by atoms with Crippen LogP contribution in [0.4, 0.5) is 4.79 Å². The van der Waals surface area contributed by atoms with Gasteiger partial charge in [-0.3, -0.25) is 0 Å². The van der Waals surface area contributed by atoms with Gasteiger partial charge in [-0.05, 0) is 59.5 Å². The van der Waals surface area contributed by atoms with E-state index < -0.39 is 11.8 Å². The molecule has 0 saturated carbocycles. The molecule has 9 nitrogen and oxygen atoms in total. The summed E-state index contributed by atoms with van der Waals surface area (Å²) in [5.41, 5.74) is 4.01. The number of cyclic esters (lactones) is 1. The molecule has 1 atom stereocenters. The maximum atomic E-state index is 12.5. The van der Waals surface area contributed by atoms with E-state index in [-0.39, 0.29) is 17.8 Å². The molecule has 1 fully saturated rings. The van der Waals surface area contributed by atoms with Crippen LogP contribution in [0, 0.1) is 0 Å². The first kappa shape index (κ1) is 27.5. The van der Waals surface area contributed by atoms with Crippen molar-refractivity contribution in [1.29, 1.82) is 0 Å². The average molecular weight is 548 g/mol. The summed E-state index contributed by atoms with van der Waals surface area (Å²) in [7, 11) is 0. The Labute approximate surface area is 233 Å². The molecule has 3 aromatic rings. The van der Waals surface area contributed by atoms with Crippen molar-refractivity contribution in [3.63, 3.8) is 0 Å². The van der Waals surface area contributed by atoms with Crippen molar-refractivity contribution >= 4 is 12.1 Å². The molecule has 0 aromatic heterocycles. The topological polar surface area (TPSA) is 104 Å². The van der Waals surface area contributed by atoms with Crippen LogP contribution >= 0.6 is 0 Å². The number of fused-ring (bicyclic) bond motifs is 1. The lowest BCUT2D eigenvalue weighted by Crippen LogP contribution is -2.35. The highest BCUT2D eigenvalue weighted by Gasteiger charge is 2.33.